The lowest BCUT2D eigenvalue weighted by Crippen LogP contribution is -2.21. The first-order chi connectivity index (χ1) is 13.2. The second kappa shape index (κ2) is 8.10. The van der Waals surface area contributed by atoms with Crippen molar-refractivity contribution in [2.75, 3.05) is 19.1 Å². The first-order valence-electron chi connectivity index (χ1n) is 9.03. The molecule has 2 aromatic carbocycles. The van der Waals surface area contributed by atoms with E-state index in [0.29, 0.717) is 10.6 Å². The molecule has 0 saturated carbocycles. The fourth-order valence-corrected chi connectivity index (χ4v) is 4.31. The fraction of sp³-hybridized carbons (Fsp3) is 0.318. The van der Waals surface area contributed by atoms with Gasteiger partial charge in [-0.05, 0) is 62.6 Å². The predicted molar refractivity (Wildman–Crippen MR) is 117 cm³/mol. The first-order valence-corrected chi connectivity index (χ1v) is 10.2. The molecular formula is C22H24ClFN2OS. The summed E-state index contributed by atoms with van der Waals surface area (Å²) in [7, 11) is 3.61. The zero-order valence-corrected chi connectivity index (χ0v) is 18.5. The number of hydrogen-bond acceptors (Lipinski definition) is 4. The quantitative estimate of drug-likeness (QED) is 0.459. The second-order valence-electron chi connectivity index (χ2n) is 7.00. The average molecular weight is 419 g/mol. The lowest BCUT2D eigenvalue weighted by molar-refractivity contribution is 0.412. The number of anilines is 1. The summed E-state index contributed by atoms with van der Waals surface area (Å²) in [5, 5.41) is 1.48. The van der Waals surface area contributed by atoms with Gasteiger partial charge in [-0.15, -0.1) is 11.3 Å². The van der Waals surface area contributed by atoms with Gasteiger partial charge in [0.15, 0.2) is 5.13 Å². The molecule has 1 aromatic heterocycles. The van der Waals surface area contributed by atoms with Crippen LogP contribution in [-0.4, -0.2) is 19.1 Å². The number of methoxy groups -OCH3 is 1. The summed E-state index contributed by atoms with van der Waals surface area (Å²) in [5.41, 5.74) is 4.33. The lowest BCUT2D eigenvalue weighted by atomic mass is 10.1. The molecule has 3 aromatic rings. The Bertz CT molecular complexity index is 1020. The highest BCUT2D eigenvalue weighted by Gasteiger charge is 2.20. The van der Waals surface area contributed by atoms with Crippen LogP contribution in [0.4, 0.5) is 9.52 Å². The largest absolute Gasteiger partial charge is 0.496 e. The summed E-state index contributed by atoms with van der Waals surface area (Å²) in [4.78, 5) is 7.99. The maximum Gasteiger partial charge on any atom is 0.186 e. The van der Waals surface area contributed by atoms with Crippen molar-refractivity contribution in [3.63, 3.8) is 0 Å². The van der Waals surface area contributed by atoms with E-state index in [0.717, 1.165) is 38.1 Å². The van der Waals surface area contributed by atoms with Crippen LogP contribution < -0.4 is 9.64 Å². The number of halogens is 2. The SMILES string of the molecule is COc1cc(Cl)c(-c2nc(N(C)[C@@H](C)c3ccc(C)c(F)c3)sc2C)cc1C. The van der Waals surface area contributed by atoms with Gasteiger partial charge in [-0.2, -0.15) is 0 Å². The summed E-state index contributed by atoms with van der Waals surface area (Å²) in [6, 6.07) is 9.19. The van der Waals surface area contributed by atoms with Crippen molar-refractivity contribution in [3.05, 3.63) is 62.7 Å². The molecule has 0 amide bonds. The van der Waals surface area contributed by atoms with E-state index in [-0.39, 0.29) is 11.9 Å². The van der Waals surface area contributed by atoms with Crippen molar-refractivity contribution in [3.8, 4) is 17.0 Å². The first kappa shape index (κ1) is 20.6. The van der Waals surface area contributed by atoms with Gasteiger partial charge in [0.25, 0.3) is 0 Å². The van der Waals surface area contributed by atoms with E-state index < -0.39 is 0 Å². The Morgan fingerprint density at radius 3 is 2.50 bits per heavy atom. The van der Waals surface area contributed by atoms with E-state index in [4.69, 9.17) is 21.3 Å². The van der Waals surface area contributed by atoms with Crippen LogP contribution in [0.2, 0.25) is 5.02 Å². The van der Waals surface area contributed by atoms with Gasteiger partial charge in [0.05, 0.1) is 23.9 Å². The Hall–Kier alpha value is -2.11. The Labute approximate surface area is 174 Å². The summed E-state index contributed by atoms with van der Waals surface area (Å²) >= 11 is 8.10. The van der Waals surface area contributed by atoms with Crippen LogP contribution in [0.1, 0.15) is 34.5 Å². The Morgan fingerprint density at radius 2 is 1.86 bits per heavy atom. The molecule has 0 aliphatic rings. The van der Waals surface area contributed by atoms with Crippen molar-refractivity contribution in [2.45, 2.75) is 33.7 Å². The standard InChI is InChI=1S/C22H24ClFN2OS/c1-12-7-8-16(10-19(12)24)14(3)26(5)22-25-21(15(4)28-22)17-9-13(2)20(27-6)11-18(17)23/h7-11,14H,1-6H3/t14-/m0/s1. The van der Waals surface area contributed by atoms with Crippen LogP contribution in [-0.2, 0) is 0 Å². The molecule has 3 rings (SSSR count). The minimum Gasteiger partial charge on any atom is -0.496 e. The molecule has 0 N–H and O–H groups in total. The molecule has 0 aliphatic carbocycles. The number of nitrogens with zero attached hydrogens (tertiary/aromatic N) is 2. The molecule has 0 saturated heterocycles. The van der Waals surface area contributed by atoms with E-state index in [9.17, 15) is 4.39 Å². The van der Waals surface area contributed by atoms with Crippen molar-refractivity contribution < 1.29 is 9.13 Å². The van der Waals surface area contributed by atoms with E-state index in [1.165, 1.54) is 0 Å². The molecule has 3 nitrogen and oxygen atoms in total. The van der Waals surface area contributed by atoms with E-state index in [2.05, 4.69) is 4.90 Å². The van der Waals surface area contributed by atoms with Crippen molar-refractivity contribution in [1.82, 2.24) is 4.98 Å². The Kier molecular flexibility index (Phi) is 5.96. The zero-order valence-electron chi connectivity index (χ0n) is 16.9. The van der Waals surface area contributed by atoms with Crippen LogP contribution in [0.3, 0.4) is 0 Å². The lowest BCUT2D eigenvalue weighted by Gasteiger charge is -2.25. The van der Waals surface area contributed by atoms with Gasteiger partial charge in [-0.1, -0.05) is 23.7 Å². The summed E-state index contributed by atoms with van der Waals surface area (Å²) in [5.74, 6) is 0.572. The molecule has 0 unspecified atom stereocenters. The summed E-state index contributed by atoms with van der Waals surface area (Å²) in [6.07, 6.45) is 0. The fourth-order valence-electron chi connectivity index (χ4n) is 3.11. The van der Waals surface area contributed by atoms with Crippen molar-refractivity contribution in [1.29, 1.82) is 0 Å². The van der Waals surface area contributed by atoms with Crippen LogP contribution in [0.5, 0.6) is 5.75 Å². The molecule has 0 aliphatic heterocycles. The molecule has 1 atom stereocenters. The molecule has 0 fully saturated rings. The minimum atomic E-state index is -0.186. The second-order valence-corrected chi connectivity index (χ2v) is 8.59. The normalized spacial score (nSPS) is 12.1. The highest BCUT2D eigenvalue weighted by molar-refractivity contribution is 7.16. The molecule has 0 spiro atoms. The predicted octanol–water partition coefficient (Wildman–Crippen LogP) is 6.73. The maximum absolute atomic E-state index is 14.0. The minimum absolute atomic E-state index is 0.0124. The van der Waals surface area contributed by atoms with Crippen LogP contribution >= 0.6 is 22.9 Å². The van der Waals surface area contributed by atoms with Crippen molar-refractivity contribution >= 4 is 28.1 Å². The number of ether oxygens (including phenoxy) is 1. The molecule has 28 heavy (non-hydrogen) atoms. The number of hydrogen-bond donors (Lipinski definition) is 0. The van der Waals surface area contributed by atoms with Gasteiger partial charge in [0.2, 0.25) is 0 Å². The third kappa shape index (κ3) is 3.87. The van der Waals surface area contributed by atoms with Crippen molar-refractivity contribution in [2.24, 2.45) is 0 Å². The number of thiazole rings is 1. The highest BCUT2D eigenvalue weighted by atomic mass is 35.5. The summed E-state index contributed by atoms with van der Waals surface area (Å²) < 4.78 is 19.3. The number of aryl methyl sites for hydroxylation is 3. The smallest absolute Gasteiger partial charge is 0.186 e. The topological polar surface area (TPSA) is 25.4 Å². The number of benzene rings is 2. The van der Waals surface area contributed by atoms with Gasteiger partial charge in [0, 0.05) is 17.5 Å². The number of aromatic nitrogens is 1. The van der Waals surface area contributed by atoms with Gasteiger partial charge < -0.3 is 9.64 Å². The van der Waals surface area contributed by atoms with E-state index in [1.807, 2.05) is 52.1 Å². The van der Waals surface area contributed by atoms with Gasteiger partial charge >= 0.3 is 0 Å². The third-order valence-corrected chi connectivity index (χ3v) is 6.46. The number of rotatable bonds is 5. The molecule has 148 valence electrons. The monoisotopic (exact) mass is 418 g/mol. The maximum atomic E-state index is 14.0. The Morgan fingerprint density at radius 1 is 1.14 bits per heavy atom. The van der Waals surface area contributed by atoms with Gasteiger partial charge in [-0.25, -0.2) is 9.37 Å². The van der Waals surface area contributed by atoms with E-state index >= 15 is 0 Å². The molecule has 0 bridgehead atoms. The molecular weight excluding hydrogens is 395 g/mol. The average Bonchev–Trinajstić information content (AvgIpc) is 3.05. The molecule has 6 heteroatoms. The molecule has 1 heterocycles. The summed E-state index contributed by atoms with van der Waals surface area (Å²) in [6.45, 7) is 7.84. The van der Waals surface area contributed by atoms with Gasteiger partial charge in [0.1, 0.15) is 11.6 Å². The van der Waals surface area contributed by atoms with E-state index in [1.54, 1.807) is 31.4 Å². The third-order valence-electron chi connectivity index (χ3n) is 5.09. The zero-order chi connectivity index (χ0) is 20.6. The van der Waals surface area contributed by atoms with Crippen LogP contribution in [0.25, 0.3) is 11.3 Å². The molecule has 0 radical (unpaired) electrons. The van der Waals surface area contributed by atoms with Crippen LogP contribution in [0.15, 0.2) is 30.3 Å². The van der Waals surface area contributed by atoms with Gasteiger partial charge in [-0.3, -0.25) is 0 Å². The highest BCUT2D eigenvalue weighted by Crippen LogP contribution is 2.40. The van der Waals surface area contributed by atoms with Crippen LogP contribution in [0, 0.1) is 26.6 Å². The Balaban J connectivity index is 1.95.